The Morgan fingerprint density at radius 2 is 2.24 bits per heavy atom. The molecule has 0 amide bonds. The highest BCUT2D eigenvalue weighted by molar-refractivity contribution is 5.81. The van der Waals surface area contributed by atoms with E-state index in [1.807, 2.05) is 0 Å². The summed E-state index contributed by atoms with van der Waals surface area (Å²) in [5.74, 6) is 0.359. The van der Waals surface area contributed by atoms with Gasteiger partial charge in [0.2, 0.25) is 0 Å². The van der Waals surface area contributed by atoms with Crippen LogP contribution in [0, 0.1) is 13.8 Å². The number of benzene rings is 1. The zero-order valence-electron chi connectivity index (χ0n) is 10.8. The van der Waals surface area contributed by atoms with Gasteiger partial charge in [-0.15, -0.1) is 0 Å². The molecule has 0 aromatic heterocycles. The van der Waals surface area contributed by atoms with Crippen molar-refractivity contribution in [2.75, 3.05) is 6.54 Å². The molecule has 1 N–H and O–H groups in total. The molecule has 1 unspecified atom stereocenters. The first-order chi connectivity index (χ1) is 8.15. The molecule has 1 atom stereocenters. The van der Waals surface area contributed by atoms with Crippen molar-refractivity contribution in [3.63, 3.8) is 0 Å². The molecule has 1 heterocycles. The molecule has 1 saturated heterocycles. The van der Waals surface area contributed by atoms with Gasteiger partial charge in [-0.25, -0.2) is 0 Å². The van der Waals surface area contributed by atoms with E-state index in [9.17, 15) is 4.79 Å². The minimum absolute atomic E-state index is 0.359. The molecule has 1 fully saturated rings. The number of Topliss-reactive ketones (excluding diaryl/α,β-unsaturated/α-hetero) is 1. The van der Waals surface area contributed by atoms with Crippen molar-refractivity contribution >= 4 is 5.78 Å². The third-order valence-corrected chi connectivity index (χ3v) is 3.53. The largest absolute Gasteiger partial charge is 0.314 e. The number of hydrogen-bond acceptors (Lipinski definition) is 2. The third-order valence-electron chi connectivity index (χ3n) is 3.53. The quantitative estimate of drug-likeness (QED) is 0.863. The fourth-order valence-corrected chi connectivity index (χ4v) is 2.48. The molecule has 1 aliphatic heterocycles. The summed E-state index contributed by atoms with van der Waals surface area (Å²) in [6.07, 6.45) is 3.64. The molecule has 2 nitrogen and oxygen atoms in total. The van der Waals surface area contributed by atoms with Crippen molar-refractivity contribution < 1.29 is 4.79 Å². The van der Waals surface area contributed by atoms with Crippen LogP contribution in [0.2, 0.25) is 0 Å². The Kier molecular flexibility index (Phi) is 3.95. The number of carbonyl (C=O) groups is 1. The lowest BCUT2D eigenvalue weighted by Crippen LogP contribution is -2.25. The molecule has 2 heteroatoms. The molecule has 1 aromatic carbocycles. The van der Waals surface area contributed by atoms with Crippen LogP contribution in [0.4, 0.5) is 0 Å². The first-order valence-electron chi connectivity index (χ1n) is 6.46. The predicted molar refractivity (Wildman–Crippen MR) is 70.3 cm³/mol. The second-order valence-electron chi connectivity index (χ2n) is 5.14. The summed E-state index contributed by atoms with van der Waals surface area (Å²) in [7, 11) is 0. The molecule has 0 spiro atoms. The number of aryl methyl sites for hydroxylation is 2. The number of nitrogens with one attached hydrogen (secondary N) is 1. The molecule has 1 aromatic rings. The Labute approximate surface area is 103 Å². The SMILES string of the molecule is Cc1ccc(C)c(CC(=O)CC2CCCN2)c1. The first-order valence-corrected chi connectivity index (χ1v) is 6.46. The van der Waals surface area contributed by atoms with Crippen molar-refractivity contribution in [1.29, 1.82) is 0 Å². The van der Waals surface area contributed by atoms with Gasteiger partial charge in [-0.3, -0.25) is 4.79 Å². The van der Waals surface area contributed by atoms with Gasteiger partial charge < -0.3 is 5.32 Å². The fourth-order valence-electron chi connectivity index (χ4n) is 2.48. The topological polar surface area (TPSA) is 29.1 Å². The smallest absolute Gasteiger partial charge is 0.138 e. The van der Waals surface area contributed by atoms with E-state index < -0.39 is 0 Å². The first kappa shape index (κ1) is 12.3. The van der Waals surface area contributed by atoms with Crippen LogP contribution in [-0.2, 0) is 11.2 Å². The molecule has 1 aliphatic rings. The molecule has 2 rings (SSSR count). The number of ketones is 1. The van der Waals surface area contributed by atoms with Crippen molar-refractivity contribution in [3.8, 4) is 0 Å². The maximum atomic E-state index is 12.0. The van der Waals surface area contributed by atoms with E-state index in [-0.39, 0.29) is 0 Å². The highest BCUT2D eigenvalue weighted by atomic mass is 16.1. The fraction of sp³-hybridized carbons (Fsp3) is 0.533. The van der Waals surface area contributed by atoms with Crippen molar-refractivity contribution in [2.45, 2.75) is 45.6 Å². The standard InChI is InChI=1S/C15H21NO/c1-11-5-6-12(2)13(8-11)9-15(17)10-14-4-3-7-16-14/h5-6,8,14,16H,3-4,7,9-10H2,1-2H3. The highest BCUT2D eigenvalue weighted by Gasteiger charge is 2.18. The summed E-state index contributed by atoms with van der Waals surface area (Å²) in [5, 5.41) is 3.38. The molecule has 0 radical (unpaired) electrons. The molecular weight excluding hydrogens is 210 g/mol. The lowest BCUT2D eigenvalue weighted by molar-refractivity contribution is -0.118. The Bertz CT molecular complexity index is 405. The molecule has 0 saturated carbocycles. The minimum atomic E-state index is 0.359. The molecule has 17 heavy (non-hydrogen) atoms. The maximum absolute atomic E-state index is 12.0. The molecule has 0 bridgehead atoms. The third kappa shape index (κ3) is 3.40. The van der Waals surface area contributed by atoms with E-state index in [2.05, 4.69) is 37.4 Å². The molecule has 92 valence electrons. The van der Waals surface area contributed by atoms with Crippen LogP contribution < -0.4 is 5.32 Å². The summed E-state index contributed by atoms with van der Waals surface area (Å²) in [6.45, 7) is 5.23. The molecular formula is C15H21NO. The Balaban J connectivity index is 1.95. The van der Waals surface area contributed by atoms with Gasteiger partial charge in [0.15, 0.2) is 0 Å². The van der Waals surface area contributed by atoms with Gasteiger partial charge in [0.05, 0.1) is 0 Å². The lowest BCUT2D eigenvalue weighted by Gasteiger charge is -2.10. The Morgan fingerprint density at radius 3 is 2.94 bits per heavy atom. The lowest BCUT2D eigenvalue weighted by atomic mass is 9.98. The zero-order chi connectivity index (χ0) is 12.3. The second-order valence-corrected chi connectivity index (χ2v) is 5.14. The van der Waals surface area contributed by atoms with Crippen molar-refractivity contribution in [1.82, 2.24) is 5.32 Å². The van der Waals surface area contributed by atoms with Crippen LogP contribution in [0.1, 0.15) is 36.0 Å². The Hall–Kier alpha value is -1.15. The van der Waals surface area contributed by atoms with Gasteiger partial charge in [-0.2, -0.15) is 0 Å². The summed E-state index contributed by atoms with van der Waals surface area (Å²) >= 11 is 0. The minimum Gasteiger partial charge on any atom is -0.314 e. The van der Waals surface area contributed by atoms with E-state index in [0.717, 1.165) is 13.0 Å². The van der Waals surface area contributed by atoms with E-state index in [1.165, 1.54) is 23.1 Å². The van der Waals surface area contributed by atoms with Gasteiger partial charge in [0, 0.05) is 18.9 Å². The van der Waals surface area contributed by atoms with Gasteiger partial charge in [-0.1, -0.05) is 23.8 Å². The molecule has 0 aliphatic carbocycles. The van der Waals surface area contributed by atoms with Gasteiger partial charge >= 0.3 is 0 Å². The van der Waals surface area contributed by atoms with Gasteiger partial charge in [0.25, 0.3) is 0 Å². The van der Waals surface area contributed by atoms with Crippen molar-refractivity contribution in [2.24, 2.45) is 0 Å². The number of hydrogen-bond donors (Lipinski definition) is 1. The maximum Gasteiger partial charge on any atom is 0.138 e. The monoisotopic (exact) mass is 231 g/mol. The van der Waals surface area contributed by atoms with E-state index in [1.54, 1.807) is 0 Å². The van der Waals surface area contributed by atoms with E-state index in [4.69, 9.17) is 0 Å². The zero-order valence-corrected chi connectivity index (χ0v) is 10.8. The number of carbonyl (C=O) groups excluding carboxylic acids is 1. The second kappa shape index (κ2) is 5.46. The average Bonchev–Trinajstić information content (AvgIpc) is 2.76. The van der Waals surface area contributed by atoms with E-state index >= 15 is 0 Å². The summed E-state index contributed by atoms with van der Waals surface area (Å²) in [6, 6.07) is 6.76. The Morgan fingerprint density at radius 1 is 1.41 bits per heavy atom. The van der Waals surface area contributed by atoms with E-state index in [0.29, 0.717) is 24.7 Å². The van der Waals surface area contributed by atoms with Crippen LogP contribution in [-0.4, -0.2) is 18.4 Å². The van der Waals surface area contributed by atoms with Gasteiger partial charge in [-0.05, 0) is 44.4 Å². The highest BCUT2D eigenvalue weighted by Crippen LogP contribution is 2.15. The average molecular weight is 231 g/mol. The summed E-state index contributed by atoms with van der Waals surface area (Å²) in [5.41, 5.74) is 3.65. The van der Waals surface area contributed by atoms with Crippen LogP contribution in [0.15, 0.2) is 18.2 Å². The van der Waals surface area contributed by atoms with Crippen LogP contribution in [0.3, 0.4) is 0 Å². The van der Waals surface area contributed by atoms with Gasteiger partial charge in [0.1, 0.15) is 5.78 Å². The van der Waals surface area contributed by atoms with Crippen LogP contribution >= 0.6 is 0 Å². The van der Waals surface area contributed by atoms with Crippen LogP contribution in [0.25, 0.3) is 0 Å². The summed E-state index contributed by atoms with van der Waals surface area (Å²) in [4.78, 5) is 12.0. The number of rotatable bonds is 4. The van der Waals surface area contributed by atoms with Crippen molar-refractivity contribution in [3.05, 3.63) is 34.9 Å². The van der Waals surface area contributed by atoms with Crippen LogP contribution in [0.5, 0.6) is 0 Å². The normalized spacial score (nSPS) is 19.5. The predicted octanol–water partition coefficient (Wildman–Crippen LogP) is 2.56. The summed E-state index contributed by atoms with van der Waals surface area (Å²) < 4.78 is 0.